The lowest BCUT2D eigenvalue weighted by Crippen LogP contribution is -2.46. The highest BCUT2D eigenvalue weighted by molar-refractivity contribution is 8.16. The zero-order chi connectivity index (χ0) is 17.7. The molecular weight excluding hydrogens is 357 g/mol. The minimum atomic E-state index is -1.93. The maximum atomic E-state index is 6.73. The van der Waals surface area contributed by atoms with Gasteiger partial charge in [-0.1, -0.05) is 30.0 Å². The van der Waals surface area contributed by atoms with Gasteiger partial charge in [-0.25, -0.2) is 0 Å². The molecule has 2 aliphatic carbocycles. The van der Waals surface area contributed by atoms with E-state index >= 15 is 0 Å². The fourth-order valence-corrected chi connectivity index (χ4v) is 10.5. The molecule has 4 aliphatic rings. The summed E-state index contributed by atoms with van der Waals surface area (Å²) in [6.45, 7) is 4.48. The molecule has 0 spiro atoms. The molecular formula is C21H28N3PS. The van der Waals surface area contributed by atoms with Gasteiger partial charge in [0.25, 0.3) is 0 Å². The molecule has 5 heteroatoms. The Morgan fingerprint density at radius 2 is 1.54 bits per heavy atom. The van der Waals surface area contributed by atoms with Crippen LogP contribution in [-0.2, 0) is 11.8 Å². The lowest BCUT2D eigenvalue weighted by Gasteiger charge is -2.50. The molecule has 0 radical (unpaired) electrons. The van der Waals surface area contributed by atoms with Gasteiger partial charge in [-0.05, 0) is 74.2 Å². The number of benzene rings is 1. The summed E-state index contributed by atoms with van der Waals surface area (Å²) >= 11 is 6.73. The third-order valence-corrected chi connectivity index (χ3v) is 11.7. The minimum Gasteiger partial charge on any atom is -0.304 e. The van der Waals surface area contributed by atoms with E-state index in [-0.39, 0.29) is 0 Å². The Morgan fingerprint density at radius 3 is 2.31 bits per heavy atom. The summed E-state index contributed by atoms with van der Waals surface area (Å²) in [6, 6.07) is 11.0. The Bertz CT molecular complexity index is 821. The first-order valence-electron chi connectivity index (χ1n) is 10.0. The summed E-state index contributed by atoms with van der Waals surface area (Å²) in [7, 11) is 2.24. The van der Waals surface area contributed by atoms with Crippen LogP contribution >= 0.6 is 6.34 Å². The van der Waals surface area contributed by atoms with Crippen molar-refractivity contribution in [2.75, 3.05) is 37.9 Å². The lowest BCUT2D eigenvalue weighted by atomic mass is 10.0. The average molecular weight is 386 g/mol. The number of fused-ring (bicyclic) bond motifs is 1. The van der Waals surface area contributed by atoms with Crippen molar-refractivity contribution < 1.29 is 0 Å². The van der Waals surface area contributed by atoms with Gasteiger partial charge < -0.3 is 9.57 Å². The Hall–Kier alpha value is -0.930. The molecule has 1 aromatic carbocycles. The Balaban J connectivity index is 1.68. The number of anilines is 1. The highest BCUT2D eigenvalue weighted by atomic mass is 32.4. The van der Waals surface area contributed by atoms with Crippen molar-refractivity contribution in [3.05, 3.63) is 52.5 Å². The summed E-state index contributed by atoms with van der Waals surface area (Å²) in [5, 5.41) is 1.65. The van der Waals surface area contributed by atoms with E-state index in [0.717, 1.165) is 26.2 Å². The standard InChI is InChI=1S/C21H28N3PS/c1-22-13-15-23(16-14-22)25(26)21-12-6-10-19(21)18-9-5-11-20(18)24(25)17-7-3-2-4-8-17/h2-4,7-8H,5-6,9-16H2,1H3. The predicted octanol–water partition coefficient (Wildman–Crippen LogP) is 4.94. The highest BCUT2D eigenvalue weighted by Gasteiger charge is 2.46. The number of hydrogen-bond acceptors (Lipinski definition) is 2. The molecule has 0 bridgehead atoms. The van der Waals surface area contributed by atoms with E-state index in [1.807, 2.05) is 0 Å². The fraction of sp³-hybridized carbons (Fsp3) is 0.524. The second-order valence-electron chi connectivity index (χ2n) is 8.01. The predicted molar refractivity (Wildman–Crippen MR) is 114 cm³/mol. The van der Waals surface area contributed by atoms with Crippen LogP contribution < -0.4 is 4.67 Å². The number of hydrogen-bond donors (Lipinski definition) is 0. The number of nitrogens with zero attached hydrogens (tertiary/aromatic N) is 3. The molecule has 138 valence electrons. The zero-order valence-electron chi connectivity index (χ0n) is 15.7. The molecule has 2 heterocycles. The lowest BCUT2D eigenvalue weighted by molar-refractivity contribution is 0.228. The number of para-hydroxylation sites is 1. The van der Waals surface area contributed by atoms with Crippen LogP contribution in [0, 0.1) is 0 Å². The van der Waals surface area contributed by atoms with Crippen LogP contribution in [-0.4, -0.2) is 42.8 Å². The molecule has 1 fully saturated rings. The van der Waals surface area contributed by atoms with Crippen LogP contribution in [0.3, 0.4) is 0 Å². The average Bonchev–Trinajstić information content (AvgIpc) is 3.32. The molecule has 5 rings (SSSR count). The maximum absolute atomic E-state index is 6.73. The highest BCUT2D eigenvalue weighted by Crippen LogP contribution is 2.71. The molecule has 3 nitrogen and oxygen atoms in total. The first-order chi connectivity index (χ1) is 12.7. The molecule has 0 N–H and O–H groups in total. The van der Waals surface area contributed by atoms with Crippen LogP contribution in [0.5, 0.6) is 0 Å². The van der Waals surface area contributed by atoms with Gasteiger partial charge in [-0.2, -0.15) is 0 Å². The SMILES string of the molecule is CN1CCN(P2(=S)C3=C(CCC3)C3=C(CCC3)N2c2ccccc2)CC1. The Kier molecular flexibility index (Phi) is 4.36. The smallest absolute Gasteiger partial charge is 0.130 e. The monoisotopic (exact) mass is 385 g/mol. The minimum absolute atomic E-state index is 1.11. The molecule has 26 heavy (non-hydrogen) atoms. The van der Waals surface area contributed by atoms with Gasteiger partial charge >= 0.3 is 0 Å². The molecule has 0 amide bonds. The van der Waals surface area contributed by atoms with E-state index in [1.54, 1.807) is 22.2 Å². The van der Waals surface area contributed by atoms with Crippen LogP contribution in [0.1, 0.15) is 38.5 Å². The van der Waals surface area contributed by atoms with Crippen molar-refractivity contribution in [3.8, 4) is 0 Å². The Morgan fingerprint density at radius 1 is 0.846 bits per heavy atom. The van der Waals surface area contributed by atoms with Crippen molar-refractivity contribution in [1.82, 2.24) is 9.57 Å². The summed E-state index contributed by atoms with van der Waals surface area (Å²) in [5.74, 6) is 0. The van der Waals surface area contributed by atoms with E-state index in [4.69, 9.17) is 11.8 Å². The molecule has 1 aromatic rings. The van der Waals surface area contributed by atoms with Crippen molar-refractivity contribution in [2.45, 2.75) is 38.5 Å². The topological polar surface area (TPSA) is 9.72 Å². The summed E-state index contributed by atoms with van der Waals surface area (Å²) in [6.07, 6.45) is 5.62. The number of rotatable bonds is 2. The van der Waals surface area contributed by atoms with Gasteiger partial charge in [0.05, 0.1) is 0 Å². The summed E-state index contributed by atoms with van der Waals surface area (Å²) < 4.78 is 5.37. The molecule has 1 atom stereocenters. The van der Waals surface area contributed by atoms with Gasteiger partial charge in [0, 0.05) is 37.6 Å². The van der Waals surface area contributed by atoms with E-state index in [0.29, 0.717) is 0 Å². The van der Waals surface area contributed by atoms with Crippen LogP contribution in [0.2, 0.25) is 0 Å². The normalized spacial score (nSPS) is 30.1. The number of likely N-dealkylation sites (N-methyl/N-ethyl adjacent to an activating group) is 1. The first kappa shape index (κ1) is 17.2. The van der Waals surface area contributed by atoms with Crippen molar-refractivity contribution >= 4 is 23.8 Å². The zero-order valence-corrected chi connectivity index (χ0v) is 17.4. The Labute approximate surface area is 162 Å². The second kappa shape index (κ2) is 6.60. The van der Waals surface area contributed by atoms with Crippen LogP contribution in [0.25, 0.3) is 0 Å². The first-order valence-corrected chi connectivity index (χ1v) is 12.7. The van der Waals surface area contributed by atoms with Gasteiger partial charge in [-0.3, -0.25) is 4.67 Å². The van der Waals surface area contributed by atoms with E-state index in [1.165, 1.54) is 44.2 Å². The second-order valence-corrected chi connectivity index (χ2v) is 12.1. The fourth-order valence-electron chi connectivity index (χ4n) is 5.19. The van der Waals surface area contributed by atoms with Gasteiger partial charge in [-0.15, -0.1) is 0 Å². The summed E-state index contributed by atoms with van der Waals surface area (Å²) in [5.41, 5.74) is 6.24. The van der Waals surface area contributed by atoms with Crippen LogP contribution in [0.15, 0.2) is 52.5 Å². The molecule has 2 aliphatic heterocycles. The van der Waals surface area contributed by atoms with Gasteiger partial charge in [0.15, 0.2) is 0 Å². The molecule has 0 aromatic heterocycles. The number of piperazine rings is 1. The third kappa shape index (κ3) is 2.50. The van der Waals surface area contributed by atoms with Crippen molar-refractivity contribution in [1.29, 1.82) is 0 Å². The van der Waals surface area contributed by atoms with Crippen molar-refractivity contribution in [2.24, 2.45) is 0 Å². The van der Waals surface area contributed by atoms with E-state index in [9.17, 15) is 0 Å². The van der Waals surface area contributed by atoms with Gasteiger partial charge in [0.2, 0.25) is 0 Å². The van der Waals surface area contributed by atoms with E-state index < -0.39 is 6.34 Å². The summed E-state index contributed by atoms with van der Waals surface area (Å²) in [4.78, 5) is 2.44. The molecule has 1 unspecified atom stereocenters. The third-order valence-electron chi connectivity index (χ3n) is 6.48. The molecule has 1 saturated heterocycles. The number of allylic oxidation sites excluding steroid dienone is 4. The van der Waals surface area contributed by atoms with E-state index in [2.05, 4.69) is 51.6 Å². The molecule has 0 saturated carbocycles. The van der Waals surface area contributed by atoms with Crippen molar-refractivity contribution in [3.63, 3.8) is 0 Å². The largest absolute Gasteiger partial charge is 0.304 e. The van der Waals surface area contributed by atoms with Crippen LogP contribution in [0.4, 0.5) is 5.69 Å². The maximum Gasteiger partial charge on any atom is 0.130 e. The van der Waals surface area contributed by atoms with Gasteiger partial charge in [0.1, 0.15) is 6.34 Å². The quantitative estimate of drug-likeness (QED) is 0.667.